The Hall–Kier alpha value is -2.24. The second-order valence-corrected chi connectivity index (χ2v) is 9.40. The van der Waals surface area contributed by atoms with Crippen LogP contribution in [0.2, 0.25) is 0 Å². The molecule has 4 rings (SSSR count). The molecule has 3 atom stereocenters. The van der Waals surface area contributed by atoms with E-state index in [9.17, 15) is 4.79 Å². The average Bonchev–Trinajstić information content (AvgIpc) is 3.13. The van der Waals surface area contributed by atoms with E-state index in [0.717, 1.165) is 34.1 Å². The zero-order valence-corrected chi connectivity index (χ0v) is 18.2. The highest BCUT2D eigenvalue weighted by Crippen LogP contribution is 2.31. The molecule has 0 unspecified atom stereocenters. The predicted molar refractivity (Wildman–Crippen MR) is 122 cm³/mol. The van der Waals surface area contributed by atoms with Gasteiger partial charge >= 0.3 is 0 Å². The molecular weight excluding hydrogens is 378 g/mol. The molecule has 0 saturated heterocycles. The zero-order chi connectivity index (χ0) is 20.4. The lowest BCUT2D eigenvalue weighted by Crippen LogP contribution is -2.43. The lowest BCUT2D eigenvalue weighted by atomic mass is 9.78. The standard InChI is InChI=1S/C24H29N3OS/c1-15-7-12-21-22(13-15)29-24(27-21)18-8-10-19(11-9-18)26-23(28)14-25-20-6-4-5-16(2)17(20)3/h7-13,16-17,20,25H,4-6,14H2,1-3H3,(H,26,28)/t16-,17-,20+/m1/s1. The Balaban J connectivity index is 1.35. The van der Waals surface area contributed by atoms with Crippen LogP contribution < -0.4 is 10.6 Å². The summed E-state index contributed by atoms with van der Waals surface area (Å²) in [6.45, 7) is 7.07. The van der Waals surface area contributed by atoms with Crippen molar-refractivity contribution in [1.82, 2.24) is 10.3 Å². The van der Waals surface area contributed by atoms with Crippen LogP contribution in [-0.2, 0) is 4.79 Å². The summed E-state index contributed by atoms with van der Waals surface area (Å²) in [5.74, 6) is 1.36. The average molecular weight is 408 g/mol. The number of nitrogens with zero attached hydrogens (tertiary/aromatic N) is 1. The highest BCUT2D eigenvalue weighted by molar-refractivity contribution is 7.21. The summed E-state index contributed by atoms with van der Waals surface area (Å²) in [6, 6.07) is 14.7. The van der Waals surface area contributed by atoms with Crippen molar-refractivity contribution in [1.29, 1.82) is 0 Å². The molecule has 1 aliphatic rings. The molecule has 1 heterocycles. The molecule has 1 aliphatic carbocycles. The fourth-order valence-corrected chi connectivity index (χ4v) is 5.22. The largest absolute Gasteiger partial charge is 0.325 e. The molecule has 0 spiro atoms. The normalized spacial score (nSPS) is 22.0. The van der Waals surface area contributed by atoms with Crippen LogP contribution in [0.5, 0.6) is 0 Å². The number of nitrogens with one attached hydrogen (secondary N) is 2. The van der Waals surface area contributed by atoms with Crippen molar-refractivity contribution >= 4 is 33.1 Å². The van der Waals surface area contributed by atoms with Gasteiger partial charge in [0.1, 0.15) is 5.01 Å². The number of aromatic nitrogens is 1. The smallest absolute Gasteiger partial charge is 0.238 e. The van der Waals surface area contributed by atoms with Gasteiger partial charge in [-0.3, -0.25) is 4.79 Å². The first-order valence-electron chi connectivity index (χ1n) is 10.5. The van der Waals surface area contributed by atoms with E-state index >= 15 is 0 Å². The third-order valence-electron chi connectivity index (χ3n) is 6.19. The fraction of sp³-hybridized carbons (Fsp3) is 0.417. The second-order valence-electron chi connectivity index (χ2n) is 8.37. The highest BCUT2D eigenvalue weighted by atomic mass is 32.1. The van der Waals surface area contributed by atoms with Gasteiger partial charge in [0.25, 0.3) is 0 Å². The van der Waals surface area contributed by atoms with Crippen molar-refractivity contribution in [2.45, 2.75) is 46.1 Å². The number of amides is 1. The first-order valence-corrected chi connectivity index (χ1v) is 11.3. The number of fused-ring (bicyclic) bond motifs is 1. The Kier molecular flexibility index (Phi) is 5.97. The Morgan fingerprint density at radius 2 is 1.93 bits per heavy atom. The van der Waals surface area contributed by atoms with Gasteiger partial charge in [0.05, 0.1) is 16.8 Å². The van der Waals surface area contributed by atoms with Crippen LogP contribution >= 0.6 is 11.3 Å². The number of thiazole rings is 1. The summed E-state index contributed by atoms with van der Waals surface area (Å²) < 4.78 is 1.20. The summed E-state index contributed by atoms with van der Waals surface area (Å²) in [6.07, 6.45) is 3.71. The number of carbonyl (C=O) groups excluding carboxylic acids is 1. The van der Waals surface area contributed by atoms with E-state index in [0.29, 0.717) is 18.5 Å². The van der Waals surface area contributed by atoms with Crippen LogP contribution in [0.1, 0.15) is 38.7 Å². The van der Waals surface area contributed by atoms with Gasteiger partial charge < -0.3 is 10.6 Å². The van der Waals surface area contributed by atoms with Gasteiger partial charge in [-0.1, -0.05) is 32.8 Å². The topological polar surface area (TPSA) is 54.0 Å². The number of hydrogen-bond donors (Lipinski definition) is 2. The van der Waals surface area contributed by atoms with Gasteiger partial charge in [-0.2, -0.15) is 0 Å². The van der Waals surface area contributed by atoms with E-state index in [2.05, 4.69) is 49.6 Å². The van der Waals surface area contributed by atoms with Gasteiger partial charge in [-0.15, -0.1) is 11.3 Å². The summed E-state index contributed by atoms with van der Waals surface area (Å²) >= 11 is 1.70. The first-order chi connectivity index (χ1) is 14.0. The third-order valence-corrected chi connectivity index (χ3v) is 7.26. The molecule has 0 radical (unpaired) electrons. The zero-order valence-electron chi connectivity index (χ0n) is 17.4. The van der Waals surface area contributed by atoms with Gasteiger partial charge in [0, 0.05) is 17.3 Å². The summed E-state index contributed by atoms with van der Waals surface area (Å²) in [5.41, 5.74) is 4.18. The maximum absolute atomic E-state index is 12.4. The minimum absolute atomic E-state index is 0.0126. The number of benzene rings is 2. The molecule has 4 nitrogen and oxygen atoms in total. The Labute approximate surface area is 176 Å². The predicted octanol–water partition coefficient (Wildman–Crippen LogP) is 5.62. The molecule has 0 bridgehead atoms. The third kappa shape index (κ3) is 4.68. The van der Waals surface area contributed by atoms with E-state index in [-0.39, 0.29) is 5.91 Å². The van der Waals surface area contributed by atoms with Crippen molar-refractivity contribution in [2.24, 2.45) is 11.8 Å². The Bertz CT molecular complexity index is 995. The fourth-order valence-electron chi connectivity index (χ4n) is 4.15. The van der Waals surface area contributed by atoms with Crippen LogP contribution in [0.4, 0.5) is 5.69 Å². The number of aryl methyl sites for hydroxylation is 1. The van der Waals surface area contributed by atoms with Gasteiger partial charge in [0.2, 0.25) is 5.91 Å². The first kappa shape index (κ1) is 20.0. The maximum Gasteiger partial charge on any atom is 0.238 e. The Morgan fingerprint density at radius 3 is 2.72 bits per heavy atom. The lowest BCUT2D eigenvalue weighted by molar-refractivity contribution is -0.115. The molecule has 3 aromatic rings. The van der Waals surface area contributed by atoms with Crippen molar-refractivity contribution in [3.8, 4) is 10.6 Å². The van der Waals surface area contributed by atoms with Gasteiger partial charge in [0.15, 0.2) is 0 Å². The SMILES string of the molecule is Cc1ccc2nc(-c3ccc(NC(=O)CN[C@H]4CCC[C@@H](C)[C@H]4C)cc3)sc2c1. The molecule has 1 saturated carbocycles. The van der Waals surface area contributed by atoms with Crippen LogP contribution in [0.25, 0.3) is 20.8 Å². The molecule has 1 fully saturated rings. The molecule has 0 aliphatic heterocycles. The van der Waals surface area contributed by atoms with E-state index < -0.39 is 0 Å². The molecular formula is C24H29N3OS. The monoisotopic (exact) mass is 407 g/mol. The number of carbonyl (C=O) groups is 1. The van der Waals surface area contributed by atoms with Crippen LogP contribution in [0.15, 0.2) is 42.5 Å². The number of hydrogen-bond acceptors (Lipinski definition) is 4. The molecule has 29 heavy (non-hydrogen) atoms. The Morgan fingerprint density at radius 1 is 1.14 bits per heavy atom. The van der Waals surface area contributed by atoms with Crippen molar-refractivity contribution in [2.75, 3.05) is 11.9 Å². The summed E-state index contributed by atoms with van der Waals surface area (Å²) in [4.78, 5) is 17.1. The minimum Gasteiger partial charge on any atom is -0.325 e. The van der Waals surface area contributed by atoms with Gasteiger partial charge in [-0.05, 0) is 67.1 Å². The van der Waals surface area contributed by atoms with E-state index in [1.165, 1.54) is 23.1 Å². The molecule has 2 aromatic carbocycles. The van der Waals surface area contributed by atoms with E-state index in [4.69, 9.17) is 4.98 Å². The number of anilines is 1. The molecule has 2 N–H and O–H groups in total. The van der Waals surface area contributed by atoms with E-state index in [1.54, 1.807) is 11.3 Å². The van der Waals surface area contributed by atoms with Crippen molar-refractivity contribution in [3.63, 3.8) is 0 Å². The van der Waals surface area contributed by atoms with E-state index in [1.807, 2.05) is 24.3 Å². The second kappa shape index (κ2) is 8.64. The molecule has 152 valence electrons. The maximum atomic E-state index is 12.4. The highest BCUT2D eigenvalue weighted by Gasteiger charge is 2.26. The van der Waals surface area contributed by atoms with Crippen LogP contribution in [-0.4, -0.2) is 23.5 Å². The number of rotatable bonds is 5. The summed E-state index contributed by atoms with van der Waals surface area (Å²) in [5, 5.41) is 7.47. The van der Waals surface area contributed by atoms with Crippen LogP contribution in [0, 0.1) is 18.8 Å². The van der Waals surface area contributed by atoms with Crippen molar-refractivity contribution < 1.29 is 4.79 Å². The lowest BCUT2D eigenvalue weighted by Gasteiger charge is -2.34. The molecule has 1 amide bonds. The van der Waals surface area contributed by atoms with Crippen molar-refractivity contribution in [3.05, 3.63) is 48.0 Å². The van der Waals surface area contributed by atoms with Gasteiger partial charge in [-0.25, -0.2) is 4.98 Å². The molecule has 1 aromatic heterocycles. The van der Waals surface area contributed by atoms with Crippen LogP contribution in [0.3, 0.4) is 0 Å². The molecule has 5 heteroatoms. The quantitative estimate of drug-likeness (QED) is 0.577. The minimum atomic E-state index is 0.0126. The summed E-state index contributed by atoms with van der Waals surface area (Å²) in [7, 11) is 0.